The van der Waals surface area contributed by atoms with Gasteiger partial charge in [0.1, 0.15) is 0 Å². The first-order valence-corrected chi connectivity index (χ1v) is 9.96. The molecule has 0 saturated heterocycles. The number of pyridine rings is 1. The summed E-state index contributed by atoms with van der Waals surface area (Å²) >= 11 is 0. The maximum absolute atomic E-state index is 4.63. The van der Waals surface area contributed by atoms with Crippen molar-refractivity contribution >= 4 is 10.0 Å². The summed E-state index contributed by atoms with van der Waals surface area (Å²) in [6.45, 7) is 4.51. The van der Waals surface area contributed by atoms with Crippen molar-refractivity contribution in [3.05, 3.63) is 48.2 Å². The molecule has 0 aliphatic carbocycles. The van der Waals surface area contributed by atoms with Crippen molar-refractivity contribution in [2.24, 2.45) is 5.92 Å². The number of rotatable bonds is 4. The lowest BCUT2D eigenvalue weighted by Crippen LogP contribution is -1.95. The van der Waals surface area contributed by atoms with Gasteiger partial charge in [-0.3, -0.25) is 4.98 Å². The van der Waals surface area contributed by atoms with Crippen molar-refractivity contribution in [2.75, 3.05) is 18.8 Å². The summed E-state index contributed by atoms with van der Waals surface area (Å²) < 4.78 is 0. The van der Waals surface area contributed by atoms with Crippen LogP contribution in [0.2, 0.25) is 0 Å². The Morgan fingerprint density at radius 3 is 2.05 bits per heavy atom. The molecule has 1 aromatic carbocycles. The third-order valence-corrected chi connectivity index (χ3v) is 4.99. The molecule has 1 heterocycles. The molecule has 0 unspecified atom stereocenters. The maximum Gasteiger partial charge on any atom is 0.0702 e. The van der Waals surface area contributed by atoms with Crippen LogP contribution in [0.1, 0.15) is 19.4 Å². The Kier molecular flexibility index (Phi) is 4.54. The molecule has 2 aromatic rings. The van der Waals surface area contributed by atoms with Crippen LogP contribution < -0.4 is 0 Å². The van der Waals surface area contributed by atoms with Crippen molar-refractivity contribution < 1.29 is 0 Å². The van der Waals surface area contributed by atoms with Crippen LogP contribution in [0, 0.1) is 5.92 Å². The summed E-state index contributed by atoms with van der Waals surface area (Å²) in [6.07, 6.45) is 10.1. The van der Waals surface area contributed by atoms with Crippen LogP contribution in [-0.4, -0.2) is 23.8 Å². The number of aromatic nitrogens is 1. The highest BCUT2D eigenvalue weighted by atomic mass is 32.3. The second-order valence-electron chi connectivity index (χ2n) is 6.51. The smallest absolute Gasteiger partial charge is 0.0702 e. The first kappa shape index (κ1) is 15.1. The largest absolute Gasteiger partial charge is 0.255 e. The fourth-order valence-electron chi connectivity index (χ4n) is 2.20. The third-order valence-electron chi connectivity index (χ3n) is 3.34. The van der Waals surface area contributed by atoms with Gasteiger partial charge in [-0.2, -0.15) is 0 Å². The van der Waals surface area contributed by atoms with Gasteiger partial charge in [0.05, 0.1) is 5.69 Å². The van der Waals surface area contributed by atoms with Gasteiger partial charge in [0, 0.05) is 16.7 Å². The lowest BCUT2D eigenvalue weighted by atomic mass is 10.0. The molecule has 2 rings (SSSR count). The molecule has 0 fully saturated rings. The zero-order valence-electron chi connectivity index (χ0n) is 13.2. The Hall–Kier alpha value is -1.28. The lowest BCUT2D eigenvalue weighted by Gasteiger charge is -2.25. The van der Waals surface area contributed by atoms with Crippen molar-refractivity contribution in [3.8, 4) is 11.3 Å². The summed E-state index contributed by atoms with van der Waals surface area (Å²) in [4.78, 5) is 5.99. The fraction of sp³-hybridized carbons (Fsp3) is 0.389. The van der Waals surface area contributed by atoms with Crippen LogP contribution in [0.5, 0.6) is 0 Å². The molecule has 0 saturated carbocycles. The van der Waals surface area contributed by atoms with Crippen LogP contribution in [0.15, 0.2) is 47.5 Å². The van der Waals surface area contributed by atoms with Crippen molar-refractivity contribution in [1.82, 2.24) is 4.98 Å². The third kappa shape index (κ3) is 3.86. The van der Waals surface area contributed by atoms with Crippen LogP contribution in [0.3, 0.4) is 0 Å². The topological polar surface area (TPSA) is 12.9 Å². The maximum atomic E-state index is 4.63. The second kappa shape index (κ2) is 6.01. The Bertz CT molecular complexity index is 547. The molecule has 0 atom stereocenters. The monoisotopic (exact) mass is 287 g/mol. The van der Waals surface area contributed by atoms with E-state index < -0.39 is 10.0 Å². The van der Waals surface area contributed by atoms with Gasteiger partial charge < -0.3 is 0 Å². The van der Waals surface area contributed by atoms with E-state index in [1.807, 2.05) is 6.20 Å². The predicted molar refractivity (Wildman–Crippen MR) is 91.8 cm³/mol. The zero-order valence-corrected chi connectivity index (χ0v) is 14.0. The molecule has 1 aromatic heterocycles. The van der Waals surface area contributed by atoms with Gasteiger partial charge in [0.2, 0.25) is 0 Å². The van der Waals surface area contributed by atoms with E-state index >= 15 is 0 Å². The van der Waals surface area contributed by atoms with E-state index in [0.717, 1.165) is 12.1 Å². The molecule has 0 spiro atoms. The van der Waals surface area contributed by atoms with Crippen LogP contribution in [-0.2, 0) is 6.42 Å². The summed E-state index contributed by atoms with van der Waals surface area (Å²) in [5, 5.41) is 0. The second-order valence-corrected chi connectivity index (χ2v) is 10.7. The number of hydrogen-bond acceptors (Lipinski definition) is 1. The van der Waals surface area contributed by atoms with E-state index in [4.69, 9.17) is 0 Å². The molecule has 0 aliphatic heterocycles. The van der Waals surface area contributed by atoms with Gasteiger partial charge in [0.15, 0.2) is 0 Å². The summed E-state index contributed by atoms with van der Waals surface area (Å²) in [6, 6.07) is 13.2. The van der Waals surface area contributed by atoms with E-state index in [1.165, 1.54) is 16.0 Å². The molecule has 0 amide bonds. The van der Waals surface area contributed by atoms with Gasteiger partial charge in [-0.05, 0) is 48.8 Å². The minimum atomic E-state index is -0.684. The number of nitrogens with zero attached hydrogens (tertiary/aromatic N) is 1. The fourth-order valence-corrected chi connectivity index (χ4v) is 3.04. The van der Waals surface area contributed by atoms with E-state index in [0.29, 0.717) is 5.92 Å². The van der Waals surface area contributed by atoms with Gasteiger partial charge in [-0.1, -0.05) is 38.1 Å². The van der Waals surface area contributed by atoms with Crippen LogP contribution >= 0.6 is 10.0 Å². The van der Waals surface area contributed by atoms with Crippen molar-refractivity contribution in [2.45, 2.75) is 25.2 Å². The predicted octanol–water partition coefficient (Wildman–Crippen LogP) is 5.00. The highest BCUT2D eigenvalue weighted by Gasteiger charge is 2.08. The standard InChI is InChI=1S/C18H25NS/c1-14(2)12-15-6-8-16(9-7-15)18-11-10-17(13-19-18)20(3,4)5/h6-11,13-14H,12H2,1-5H3. The molecule has 0 aliphatic rings. The van der Waals surface area contributed by atoms with Gasteiger partial charge in [0.25, 0.3) is 0 Å². The molecule has 0 radical (unpaired) electrons. The Balaban J connectivity index is 2.19. The highest BCUT2D eigenvalue weighted by Crippen LogP contribution is 2.44. The van der Waals surface area contributed by atoms with Crippen molar-refractivity contribution in [3.63, 3.8) is 0 Å². The van der Waals surface area contributed by atoms with Gasteiger partial charge in [-0.15, -0.1) is 0 Å². The van der Waals surface area contributed by atoms with Gasteiger partial charge >= 0.3 is 0 Å². The minimum absolute atomic E-state index is 0.684. The molecule has 0 bridgehead atoms. The molecule has 2 heteroatoms. The molecule has 20 heavy (non-hydrogen) atoms. The van der Waals surface area contributed by atoms with E-state index in [2.05, 4.69) is 74.0 Å². The SMILES string of the molecule is CC(C)Cc1ccc(-c2ccc(S(C)(C)C)cn2)cc1. The first-order chi connectivity index (χ1) is 9.36. The van der Waals surface area contributed by atoms with E-state index in [9.17, 15) is 0 Å². The average Bonchev–Trinajstić information content (AvgIpc) is 2.38. The first-order valence-electron chi connectivity index (χ1n) is 7.10. The number of hydrogen-bond donors (Lipinski definition) is 0. The van der Waals surface area contributed by atoms with Crippen LogP contribution in [0.25, 0.3) is 11.3 Å². The molecule has 1 nitrogen and oxygen atoms in total. The molecule has 0 N–H and O–H groups in total. The lowest BCUT2D eigenvalue weighted by molar-refractivity contribution is 0.647. The number of benzene rings is 1. The Labute approximate surface area is 124 Å². The van der Waals surface area contributed by atoms with E-state index in [1.54, 1.807) is 0 Å². The molecular weight excluding hydrogens is 262 g/mol. The van der Waals surface area contributed by atoms with E-state index in [-0.39, 0.29) is 0 Å². The minimum Gasteiger partial charge on any atom is -0.255 e. The average molecular weight is 287 g/mol. The summed E-state index contributed by atoms with van der Waals surface area (Å²) in [5.74, 6) is 0.702. The van der Waals surface area contributed by atoms with Crippen molar-refractivity contribution in [1.29, 1.82) is 0 Å². The highest BCUT2D eigenvalue weighted by molar-refractivity contribution is 8.32. The molecular formula is C18H25NS. The quantitative estimate of drug-likeness (QED) is 0.771. The normalized spacial score (nSPS) is 12.7. The summed E-state index contributed by atoms with van der Waals surface area (Å²) in [5.41, 5.74) is 3.67. The van der Waals surface area contributed by atoms with Gasteiger partial charge in [-0.25, -0.2) is 10.0 Å². The molecule has 108 valence electrons. The Morgan fingerprint density at radius 2 is 1.60 bits per heavy atom. The van der Waals surface area contributed by atoms with Crippen LogP contribution in [0.4, 0.5) is 0 Å². The Morgan fingerprint density at radius 1 is 0.950 bits per heavy atom. The zero-order chi connectivity index (χ0) is 14.8. The summed E-state index contributed by atoms with van der Waals surface area (Å²) in [7, 11) is -0.684.